The monoisotopic (exact) mass is 539 g/mol. The fourth-order valence-corrected chi connectivity index (χ4v) is 5.27. The topological polar surface area (TPSA) is 124 Å². The van der Waals surface area contributed by atoms with E-state index in [-0.39, 0.29) is 21.3 Å². The third kappa shape index (κ3) is 4.63. The zero-order valence-corrected chi connectivity index (χ0v) is 21.0. The smallest absolute Gasteiger partial charge is 0.274 e. The molecule has 0 atom stereocenters. The summed E-state index contributed by atoms with van der Waals surface area (Å²) in [7, 11) is -2.40. The van der Waals surface area contributed by atoms with Crippen LogP contribution < -0.4 is 10.0 Å². The molecule has 5 aromatic rings. The van der Waals surface area contributed by atoms with Gasteiger partial charge in [-0.25, -0.2) is 22.5 Å². The molecule has 0 fully saturated rings. The lowest BCUT2D eigenvalue weighted by Gasteiger charge is -2.09. The minimum absolute atomic E-state index is 0.00250. The van der Waals surface area contributed by atoms with Crippen LogP contribution in [-0.2, 0) is 17.1 Å². The number of anilines is 2. The molecule has 3 heterocycles. The van der Waals surface area contributed by atoms with Gasteiger partial charge in [-0.15, -0.1) is 0 Å². The molecule has 0 radical (unpaired) electrons. The largest absolute Gasteiger partial charge is 0.321 e. The molecule has 0 bridgehead atoms. The van der Waals surface area contributed by atoms with Crippen molar-refractivity contribution in [2.45, 2.75) is 11.8 Å². The van der Waals surface area contributed by atoms with Crippen LogP contribution in [-0.4, -0.2) is 38.9 Å². The highest BCUT2D eigenvalue weighted by Crippen LogP contribution is 2.26. The second kappa shape index (κ2) is 9.30. The number of carbonyl (C=O) groups excluding carboxylic acids is 1. The molecule has 0 saturated carbocycles. The van der Waals surface area contributed by atoms with E-state index in [0.29, 0.717) is 28.1 Å². The third-order valence-corrected chi connectivity index (χ3v) is 7.37. The molecular weight excluding hydrogens is 521 g/mol. The Labute approximate surface area is 215 Å². The maximum Gasteiger partial charge on any atom is 0.274 e. The standard InChI is InChI=1S/C24H19ClFN7O3S/c1-14-21(13-28-33(14)22-5-3-4-10-27-22)37(35,36)31-16-6-8-17-20(12-16)30-32(2)23(17)24(34)29-15-7-9-19(26)18(25)11-15/h3-13,31H,1-2H3,(H,29,34). The van der Waals surface area contributed by atoms with Gasteiger partial charge in [-0.3, -0.25) is 14.2 Å². The first kappa shape index (κ1) is 24.4. The molecule has 3 aromatic heterocycles. The second-order valence-electron chi connectivity index (χ2n) is 8.09. The average Bonchev–Trinajstić information content (AvgIpc) is 3.41. The molecule has 13 heteroatoms. The number of aryl methyl sites for hydroxylation is 1. The van der Waals surface area contributed by atoms with Gasteiger partial charge in [0.2, 0.25) is 0 Å². The molecule has 10 nitrogen and oxygen atoms in total. The number of sulfonamides is 1. The summed E-state index contributed by atoms with van der Waals surface area (Å²) in [6, 6.07) is 13.8. The van der Waals surface area contributed by atoms with Crippen LogP contribution in [0.2, 0.25) is 5.02 Å². The first-order valence-corrected chi connectivity index (χ1v) is 12.7. The molecule has 0 aliphatic rings. The summed E-state index contributed by atoms with van der Waals surface area (Å²) in [5, 5.41) is 11.6. The average molecular weight is 540 g/mol. The number of nitrogens with zero attached hydrogens (tertiary/aromatic N) is 5. The maximum absolute atomic E-state index is 13.4. The van der Waals surface area contributed by atoms with Crippen LogP contribution in [0.15, 0.2) is 71.9 Å². The zero-order valence-electron chi connectivity index (χ0n) is 19.5. The minimum Gasteiger partial charge on any atom is -0.321 e. The number of halogens is 2. The highest BCUT2D eigenvalue weighted by atomic mass is 35.5. The summed E-state index contributed by atoms with van der Waals surface area (Å²) >= 11 is 5.80. The number of aromatic nitrogens is 5. The Hall–Kier alpha value is -4.29. The summed E-state index contributed by atoms with van der Waals surface area (Å²) < 4.78 is 45.0. The van der Waals surface area contributed by atoms with Gasteiger partial charge in [0.15, 0.2) is 5.82 Å². The summed E-state index contributed by atoms with van der Waals surface area (Å²) in [5.74, 6) is -0.594. The van der Waals surface area contributed by atoms with Crippen molar-refractivity contribution in [1.82, 2.24) is 24.5 Å². The number of hydrogen-bond acceptors (Lipinski definition) is 6. The fourth-order valence-electron chi connectivity index (χ4n) is 3.88. The molecule has 5 rings (SSSR count). The van der Waals surface area contributed by atoms with E-state index in [4.69, 9.17) is 11.6 Å². The first-order valence-electron chi connectivity index (χ1n) is 10.9. The summed E-state index contributed by atoms with van der Waals surface area (Å²) in [5.41, 5.74) is 1.60. The van der Waals surface area contributed by atoms with E-state index in [1.807, 2.05) is 0 Å². The fraction of sp³-hybridized carbons (Fsp3) is 0.0833. The summed E-state index contributed by atoms with van der Waals surface area (Å²) in [4.78, 5) is 17.1. The Balaban J connectivity index is 1.41. The van der Waals surface area contributed by atoms with E-state index in [1.54, 1.807) is 44.4 Å². The van der Waals surface area contributed by atoms with Crippen LogP contribution >= 0.6 is 11.6 Å². The van der Waals surface area contributed by atoms with Gasteiger partial charge >= 0.3 is 0 Å². The van der Waals surface area contributed by atoms with Crippen molar-refractivity contribution < 1.29 is 17.6 Å². The van der Waals surface area contributed by atoms with Gasteiger partial charge in [-0.2, -0.15) is 10.2 Å². The van der Waals surface area contributed by atoms with Crippen LogP contribution in [0, 0.1) is 12.7 Å². The van der Waals surface area contributed by atoms with Gasteiger partial charge in [0.05, 0.1) is 28.1 Å². The molecule has 188 valence electrons. The SMILES string of the molecule is Cc1c(S(=O)(=O)Nc2ccc3c(C(=O)Nc4ccc(F)c(Cl)c4)n(C)nc3c2)cnn1-c1ccccn1. The lowest BCUT2D eigenvalue weighted by molar-refractivity contribution is 0.101. The van der Waals surface area contributed by atoms with Crippen LogP contribution in [0.4, 0.5) is 15.8 Å². The Bertz CT molecular complexity index is 1770. The quantitative estimate of drug-likeness (QED) is 0.331. The number of rotatable bonds is 6. The second-order valence-corrected chi connectivity index (χ2v) is 10.1. The van der Waals surface area contributed by atoms with Crippen LogP contribution in [0.1, 0.15) is 16.2 Å². The molecule has 1 amide bonds. The van der Waals surface area contributed by atoms with Crippen molar-refractivity contribution in [3.05, 3.63) is 89.2 Å². The van der Waals surface area contributed by atoms with Crippen molar-refractivity contribution in [3.63, 3.8) is 0 Å². The molecule has 2 aromatic carbocycles. The van der Waals surface area contributed by atoms with E-state index < -0.39 is 21.7 Å². The van der Waals surface area contributed by atoms with Gasteiger partial charge in [0.1, 0.15) is 16.4 Å². The van der Waals surface area contributed by atoms with E-state index >= 15 is 0 Å². The van der Waals surface area contributed by atoms with Gasteiger partial charge in [-0.05, 0) is 55.5 Å². The predicted molar refractivity (Wildman–Crippen MR) is 137 cm³/mol. The van der Waals surface area contributed by atoms with Gasteiger partial charge in [-0.1, -0.05) is 17.7 Å². The maximum atomic E-state index is 13.4. The number of carbonyl (C=O) groups is 1. The van der Waals surface area contributed by atoms with Gasteiger partial charge < -0.3 is 5.32 Å². The molecule has 0 unspecified atom stereocenters. The summed E-state index contributed by atoms with van der Waals surface area (Å²) in [6.45, 7) is 1.64. The minimum atomic E-state index is -3.99. The Kier molecular flexibility index (Phi) is 6.13. The van der Waals surface area contributed by atoms with Crippen LogP contribution in [0.25, 0.3) is 16.7 Å². The molecule has 37 heavy (non-hydrogen) atoms. The molecule has 0 aliphatic carbocycles. The molecule has 2 N–H and O–H groups in total. The number of fused-ring (bicyclic) bond motifs is 1. The molecular formula is C24H19ClFN7O3S. The lowest BCUT2D eigenvalue weighted by atomic mass is 10.2. The van der Waals surface area contributed by atoms with Crippen molar-refractivity contribution in [1.29, 1.82) is 0 Å². The van der Waals surface area contributed by atoms with Crippen molar-refractivity contribution >= 4 is 49.8 Å². The number of hydrogen-bond donors (Lipinski definition) is 2. The van der Waals surface area contributed by atoms with E-state index in [9.17, 15) is 17.6 Å². The molecule has 0 spiro atoms. The van der Waals surface area contributed by atoms with E-state index in [0.717, 1.165) is 6.07 Å². The third-order valence-electron chi connectivity index (χ3n) is 5.60. The normalized spacial score (nSPS) is 11.6. The summed E-state index contributed by atoms with van der Waals surface area (Å²) in [6.07, 6.45) is 2.85. The van der Waals surface area contributed by atoms with Gasteiger partial charge in [0.25, 0.3) is 15.9 Å². The van der Waals surface area contributed by atoms with Crippen molar-refractivity contribution in [2.75, 3.05) is 10.0 Å². The van der Waals surface area contributed by atoms with Gasteiger partial charge in [0, 0.05) is 24.3 Å². The lowest BCUT2D eigenvalue weighted by Crippen LogP contribution is -2.16. The Morgan fingerprint density at radius 1 is 1.08 bits per heavy atom. The zero-order chi connectivity index (χ0) is 26.3. The molecule has 0 saturated heterocycles. The Morgan fingerprint density at radius 2 is 1.86 bits per heavy atom. The van der Waals surface area contributed by atoms with Crippen molar-refractivity contribution in [3.8, 4) is 5.82 Å². The number of pyridine rings is 1. The highest BCUT2D eigenvalue weighted by molar-refractivity contribution is 7.92. The van der Waals surface area contributed by atoms with Crippen LogP contribution in [0.5, 0.6) is 0 Å². The Morgan fingerprint density at radius 3 is 2.59 bits per heavy atom. The number of nitrogens with one attached hydrogen (secondary N) is 2. The van der Waals surface area contributed by atoms with E-state index in [1.165, 1.54) is 39.8 Å². The molecule has 0 aliphatic heterocycles. The number of benzene rings is 2. The van der Waals surface area contributed by atoms with E-state index in [2.05, 4.69) is 25.2 Å². The van der Waals surface area contributed by atoms with Crippen molar-refractivity contribution in [2.24, 2.45) is 7.05 Å². The van der Waals surface area contributed by atoms with Crippen LogP contribution in [0.3, 0.4) is 0 Å². The number of amides is 1. The highest BCUT2D eigenvalue weighted by Gasteiger charge is 2.23. The first-order chi connectivity index (χ1) is 17.6. The predicted octanol–water partition coefficient (Wildman–Crippen LogP) is 4.31.